The molecule has 0 N–H and O–H groups in total. The third-order valence-electron chi connectivity index (χ3n) is 10.2. The highest BCUT2D eigenvalue weighted by atomic mass is 28.3. The van der Waals surface area contributed by atoms with E-state index in [1.54, 1.807) is 5.56 Å². The van der Waals surface area contributed by atoms with Crippen molar-refractivity contribution in [1.82, 2.24) is 0 Å². The van der Waals surface area contributed by atoms with E-state index in [2.05, 4.69) is 164 Å². The van der Waals surface area contributed by atoms with Crippen LogP contribution in [0.4, 0.5) is 0 Å². The fourth-order valence-corrected chi connectivity index (χ4v) is 14.7. The van der Waals surface area contributed by atoms with Crippen molar-refractivity contribution < 1.29 is 4.74 Å². The van der Waals surface area contributed by atoms with Crippen LogP contribution in [-0.2, 0) is 17.5 Å². The SMILES string of the molecule is CC1CC([Si](Cc2ccccc2)(Cc2ccccc2)c2cccc(C(C)(C)C)c2OC(C)(C)C)C2C=Cc3ccccc3C12. The molecule has 2 aliphatic carbocycles. The molecule has 2 aliphatic rings. The highest BCUT2D eigenvalue weighted by Gasteiger charge is 2.55. The zero-order valence-electron chi connectivity index (χ0n) is 27.8. The largest absolute Gasteiger partial charge is 0.488 e. The van der Waals surface area contributed by atoms with Crippen LogP contribution < -0.4 is 9.92 Å². The minimum Gasteiger partial charge on any atom is -0.488 e. The second-order valence-electron chi connectivity index (χ2n) is 15.5. The van der Waals surface area contributed by atoms with E-state index in [4.69, 9.17) is 4.74 Å². The number of rotatable bonds is 7. The molecule has 1 fully saturated rings. The predicted molar refractivity (Wildman–Crippen MR) is 190 cm³/mol. The van der Waals surface area contributed by atoms with Crippen LogP contribution in [0, 0.1) is 11.8 Å². The summed E-state index contributed by atoms with van der Waals surface area (Å²) in [7, 11) is -2.42. The molecule has 1 saturated carbocycles. The van der Waals surface area contributed by atoms with Crippen LogP contribution in [0.2, 0.25) is 5.54 Å². The Morgan fingerprint density at radius 2 is 1.30 bits per heavy atom. The third kappa shape index (κ3) is 5.98. The Bertz CT molecular complexity index is 1560. The van der Waals surface area contributed by atoms with Gasteiger partial charge in [-0.25, -0.2) is 0 Å². The Labute approximate surface area is 267 Å². The minimum absolute atomic E-state index is 0.0363. The predicted octanol–water partition coefficient (Wildman–Crippen LogP) is 10.2. The lowest BCUT2D eigenvalue weighted by molar-refractivity contribution is 0.129. The Morgan fingerprint density at radius 1 is 0.705 bits per heavy atom. The Morgan fingerprint density at radius 3 is 1.89 bits per heavy atom. The van der Waals surface area contributed by atoms with Gasteiger partial charge in [0.2, 0.25) is 0 Å². The summed E-state index contributed by atoms with van der Waals surface area (Å²) in [6.45, 7) is 16.2. The summed E-state index contributed by atoms with van der Waals surface area (Å²) >= 11 is 0. The fraction of sp³-hybridized carbons (Fsp3) is 0.381. The van der Waals surface area contributed by atoms with Crippen LogP contribution in [0.25, 0.3) is 6.08 Å². The molecule has 4 unspecified atom stereocenters. The summed E-state index contributed by atoms with van der Waals surface area (Å²) in [4.78, 5) is 0. The first-order valence-electron chi connectivity index (χ1n) is 16.6. The van der Waals surface area contributed by atoms with Gasteiger partial charge in [-0.05, 0) is 89.9 Å². The van der Waals surface area contributed by atoms with Crippen molar-refractivity contribution in [2.45, 2.75) is 89.5 Å². The summed E-state index contributed by atoms with van der Waals surface area (Å²) in [5.74, 6) is 2.84. The number of ether oxygens (including phenoxy) is 1. The molecule has 0 aliphatic heterocycles. The van der Waals surface area contributed by atoms with Gasteiger partial charge in [-0.15, -0.1) is 0 Å². The second kappa shape index (κ2) is 11.9. The van der Waals surface area contributed by atoms with E-state index >= 15 is 0 Å². The van der Waals surface area contributed by atoms with Gasteiger partial charge in [-0.3, -0.25) is 0 Å². The standard InChI is InChI=1S/C42H50OSi/c1-30-27-38(35-26-25-33-21-14-15-22-34(33)39(30)35)44(28-31-17-10-8-11-18-31,29-32-19-12-9-13-20-32)37-24-16-23-36(41(2,3)4)40(37)43-42(5,6)7/h8-26,30,35,38-39H,27-29H2,1-7H3. The van der Waals surface area contributed by atoms with E-state index < -0.39 is 8.07 Å². The first-order valence-corrected chi connectivity index (χ1v) is 19.1. The normalized spacial score (nSPS) is 21.5. The summed E-state index contributed by atoms with van der Waals surface area (Å²) in [6, 6.07) is 41.2. The van der Waals surface area contributed by atoms with Gasteiger partial charge < -0.3 is 4.74 Å². The van der Waals surface area contributed by atoms with Gasteiger partial charge in [0.15, 0.2) is 0 Å². The fourth-order valence-electron chi connectivity index (χ4n) is 8.45. The molecule has 0 radical (unpaired) electrons. The van der Waals surface area contributed by atoms with E-state index in [-0.39, 0.29) is 11.0 Å². The van der Waals surface area contributed by atoms with Gasteiger partial charge >= 0.3 is 0 Å². The maximum absolute atomic E-state index is 7.17. The maximum atomic E-state index is 7.17. The monoisotopic (exact) mass is 598 g/mol. The molecule has 2 heteroatoms. The van der Waals surface area contributed by atoms with Crippen molar-refractivity contribution in [1.29, 1.82) is 0 Å². The topological polar surface area (TPSA) is 9.23 Å². The Hall–Kier alpha value is -3.36. The number of benzene rings is 4. The first-order chi connectivity index (χ1) is 21.0. The zero-order valence-corrected chi connectivity index (χ0v) is 28.8. The van der Waals surface area contributed by atoms with Gasteiger partial charge in [0.25, 0.3) is 0 Å². The lowest BCUT2D eigenvalue weighted by atomic mass is 9.78. The molecule has 228 valence electrons. The molecule has 0 saturated heterocycles. The van der Waals surface area contributed by atoms with E-state index in [0.29, 0.717) is 23.3 Å². The smallest absolute Gasteiger partial charge is 0.123 e. The van der Waals surface area contributed by atoms with Gasteiger partial charge in [0.1, 0.15) is 19.4 Å². The van der Waals surface area contributed by atoms with Crippen molar-refractivity contribution in [3.8, 4) is 5.75 Å². The van der Waals surface area contributed by atoms with Crippen molar-refractivity contribution in [2.75, 3.05) is 0 Å². The molecule has 4 aromatic carbocycles. The summed E-state index contributed by atoms with van der Waals surface area (Å²) in [5.41, 5.74) is 7.43. The second-order valence-corrected chi connectivity index (χ2v) is 19.8. The van der Waals surface area contributed by atoms with Crippen LogP contribution in [-0.4, -0.2) is 13.7 Å². The molecule has 44 heavy (non-hydrogen) atoms. The van der Waals surface area contributed by atoms with Crippen molar-refractivity contribution in [3.63, 3.8) is 0 Å². The Balaban J connectivity index is 1.64. The highest BCUT2D eigenvalue weighted by molar-refractivity contribution is 6.93. The lowest BCUT2D eigenvalue weighted by Gasteiger charge is -2.44. The minimum atomic E-state index is -2.42. The lowest BCUT2D eigenvalue weighted by Crippen LogP contribution is -2.58. The molecule has 0 heterocycles. The molecule has 1 nitrogen and oxygen atoms in total. The number of allylic oxidation sites excluding steroid dienone is 1. The molecule has 4 aromatic rings. The van der Waals surface area contributed by atoms with Crippen LogP contribution in [0.3, 0.4) is 0 Å². The van der Waals surface area contributed by atoms with Gasteiger partial charge in [-0.2, -0.15) is 0 Å². The number of fused-ring (bicyclic) bond motifs is 3. The van der Waals surface area contributed by atoms with Crippen LogP contribution in [0.5, 0.6) is 5.75 Å². The first kappa shape index (κ1) is 30.7. The van der Waals surface area contributed by atoms with Crippen LogP contribution in [0.15, 0.2) is 109 Å². The molecule has 0 spiro atoms. The molecule has 4 atom stereocenters. The number of hydrogen-bond acceptors (Lipinski definition) is 1. The van der Waals surface area contributed by atoms with E-state index in [0.717, 1.165) is 17.8 Å². The molecule has 0 bridgehead atoms. The summed E-state index contributed by atoms with van der Waals surface area (Å²) in [6.07, 6.45) is 6.29. The molecular formula is C42H50OSi. The third-order valence-corrected chi connectivity index (χ3v) is 15.8. The van der Waals surface area contributed by atoms with Crippen molar-refractivity contribution in [2.24, 2.45) is 11.8 Å². The maximum Gasteiger partial charge on any atom is 0.123 e. The molecule has 6 rings (SSSR count). The van der Waals surface area contributed by atoms with Crippen LogP contribution in [0.1, 0.15) is 88.6 Å². The van der Waals surface area contributed by atoms with Gasteiger partial charge in [0.05, 0.1) is 0 Å². The van der Waals surface area contributed by atoms with Gasteiger partial charge in [-0.1, -0.05) is 154 Å². The Kier molecular flexibility index (Phi) is 8.26. The van der Waals surface area contributed by atoms with Gasteiger partial charge in [0, 0.05) is 0 Å². The van der Waals surface area contributed by atoms with Crippen molar-refractivity contribution in [3.05, 3.63) is 137 Å². The molecule has 0 amide bonds. The number of para-hydroxylation sites is 1. The summed E-state index contributed by atoms with van der Waals surface area (Å²) < 4.78 is 7.17. The zero-order chi connectivity index (χ0) is 31.1. The molecule has 0 aromatic heterocycles. The molecular weight excluding hydrogens is 549 g/mol. The van der Waals surface area contributed by atoms with Crippen LogP contribution >= 0.6 is 0 Å². The summed E-state index contributed by atoms with van der Waals surface area (Å²) in [5, 5.41) is 1.51. The average Bonchev–Trinajstić information content (AvgIpc) is 3.34. The van der Waals surface area contributed by atoms with E-state index in [9.17, 15) is 0 Å². The van der Waals surface area contributed by atoms with E-state index in [1.807, 2.05) is 0 Å². The quantitative estimate of drug-likeness (QED) is 0.192. The average molecular weight is 599 g/mol. The highest BCUT2D eigenvalue weighted by Crippen LogP contribution is 2.58. The van der Waals surface area contributed by atoms with Crippen molar-refractivity contribution >= 4 is 19.3 Å². The van der Waals surface area contributed by atoms with E-state index in [1.165, 1.54) is 33.9 Å². The number of hydrogen-bond donors (Lipinski definition) is 0.